The Balaban J connectivity index is 0.000000921. The molecular formula is C13H22N2. The van der Waals surface area contributed by atoms with Crippen molar-refractivity contribution in [3.05, 3.63) is 36.7 Å². The Labute approximate surface area is 93.3 Å². The number of hydrogen-bond acceptors (Lipinski definition) is 1. The Bertz CT molecular complexity index is 308. The van der Waals surface area contributed by atoms with Crippen LogP contribution in [-0.2, 0) is 7.05 Å². The van der Waals surface area contributed by atoms with Crippen LogP contribution >= 0.6 is 0 Å². The van der Waals surface area contributed by atoms with E-state index >= 15 is 0 Å². The molecule has 0 bridgehead atoms. The van der Waals surface area contributed by atoms with Gasteiger partial charge in [-0.3, -0.25) is 4.68 Å². The minimum atomic E-state index is 1.09. The summed E-state index contributed by atoms with van der Waals surface area (Å²) in [5, 5.41) is 4.12. The second-order valence-electron chi connectivity index (χ2n) is 3.05. The van der Waals surface area contributed by atoms with E-state index in [1.54, 1.807) is 4.68 Å². The largest absolute Gasteiger partial charge is 0.275 e. The first-order valence-electron chi connectivity index (χ1n) is 5.59. The van der Waals surface area contributed by atoms with E-state index in [9.17, 15) is 0 Å². The molecular weight excluding hydrogens is 184 g/mol. The highest BCUT2D eigenvalue weighted by molar-refractivity contribution is 5.72. The predicted octanol–water partition coefficient (Wildman–Crippen LogP) is 3.82. The number of unbranched alkanes of at least 4 members (excludes halogenated alkanes) is 1. The van der Waals surface area contributed by atoms with Crippen molar-refractivity contribution in [2.45, 2.75) is 33.6 Å². The lowest BCUT2D eigenvalue weighted by atomic mass is 10.1. The predicted molar refractivity (Wildman–Crippen MR) is 67.6 cm³/mol. The fourth-order valence-electron chi connectivity index (χ4n) is 1.19. The van der Waals surface area contributed by atoms with Crippen molar-refractivity contribution in [2.75, 3.05) is 0 Å². The zero-order valence-electron chi connectivity index (χ0n) is 10.3. The molecule has 0 unspecified atom stereocenters. The van der Waals surface area contributed by atoms with Crippen LogP contribution in [0.5, 0.6) is 0 Å². The Morgan fingerprint density at radius 2 is 2.20 bits per heavy atom. The Kier molecular flexibility index (Phi) is 7.33. The van der Waals surface area contributed by atoms with Gasteiger partial charge in [-0.15, -0.1) is 0 Å². The van der Waals surface area contributed by atoms with Crippen LogP contribution in [0.3, 0.4) is 0 Å². The van der Waals surface area contributed by atoms with Crippen molar-refractivity contribution < 1.29 is 0 Å². The van der Waals surface area contributed by atoms with Gasteiger partial charge < -0.3 is 0 Å². The fraction of sp³-hybridized carbons (Fsp3) is 0.462. The highest BCUT2D eigenvalue weighted by Crippen LogP contribution is 2.15. The molecule has 0 radical (unpaired) electrons. The summed E-state index contributed by atoms with van der Waals surface area (Å²) >= 11 is 0. The van der Waals surface area contributed by atoms with E-state index < -0.39 is 0 Å². The van der Waals surface area contributed by atoms with E-state index in [4.69, 9.17) is 0 Å². The lowest BCUT2D eigenvalue weighted by molar-refractivity contribution is 0.767. The maximum atomic E-state index is 4.12. The van der Waals surface area contributed by atoms with Gasteiger partial charge in [-0.25, -0.2) is 0 Å². The quantitative estimate of drug-likeness (QED) is 0.685. The van der Waals surface area contributed by atoms with E-state index in [2.05, 4.69) is 24.7 Å². The molecule has 0 atom stereocenters. The molecule has 0 aromatic carbocycles. The van der Waals surface area contributed by atoms with Crippen molar-refractivity contribution in [1.82, 2.24) is 9.78 Å². The van der Waals surface area contributed by atoms with Gasteiger partial charge in [0.25, 0.3) is 0 Å². The molecule has 1 aromatic heterocycles. The maximum Gasteiger partial charge on any atom is 0.0568 e. The first kappa shape index (κ1) is 13.7. The molecule has 0 aliphatic rings. The summed E-state index contributed by atoms with van der Waals surface area (Å²) in [5.41, 5.74) is 2.32. The van der Waals surface area contributed by atoms with Crippen LogP contribution < -0.4 is 0 Å². The third-order valence-electron chi connectivity index (χ3n) is 1.91. The summed E-state index contributed by atoms with van der Waals surface area (Å²) in [6.07, 6.45) is 10.2. The zero-order chi connectivity index (χ0) is 11.7. The minimum absolute atomic E-state index is 1.09. The first-order chi connectivity index (χ1) is 7.27. The lowest BCUT2D eigenvalue weighted by Gasteiger charge is -1.96. The molecule has 0 N–H and O–H groups in total. The summed E-state index contributed by atoms with van der Waals surface area (Å²) < 4.78 is 1.80. The van der Waals surface area contributed by atoms with Crippen LogP contribution in [0.4, 0.5) is 0 Å². The topological polar surface area (TPSA) is 17.8 Å². The molecule has 0 saturated heterocycles. The molecule has 0 fully saturated rings. The molecule has 1 aromatic rings. The number of aryl methyl sites for hydroxylation is 1. The van der Waals surface area contributed by atoms with Gasteiger partial charge in [0.05, 0.1) is 6.20 Å². The van der Waals surface area contributed by atoms with Crippen molar-refractivity contribution in [2.24, 2.45) is 7.05 Å². The van der Waals surface area contributed by atoms with Gasteiger partial charge in [0.15, 0.2) is 0 Å². The van der Waals surface area contributed by atoms with Crippen molar-refractivity contribution in [3.63, 3.8) is 0 Å². The van der Waals surface area contributed by atoms with Gasteiger partial charge in [0.1, 0.15) is 0 Å². The Morgan fingerprint density at radius 1 is 1.53 bits per heavy atom. The summed E-state index contributed by atoms with van der Waals surface area (Å²) in [7, 11) is 1.92. The van der Waals surface area contributed by atoms with E-state index in [-0.39, 0.29) is 0 Å². The Hall–Kier alpha value is -1.31. The van der Waals surface area contributed by atoms with Gasteiger partial charge in [0.2, 0.25) is 0 Å². The third kappa shape index (κ3) is 4.63. The molecule has 1 rings (SSSR count). The SMILES string of the molecule is C=C/C(=C\CCC)c1cnn(C)c1.CC. The van der Waals surface area contributed by atoms with Crippen LogP contribution in [0.15, 0.2) is 31.1 Å². The molecule has 0 aliphatic heterocycles. The number of aromatic nitrogens is 2. The lowest BCUT2D eigenvalue weighted by Crippen LogP contribution is -1.84. The third-order valence-corrected chi connectivity index (χ3v) is 1.91. The van der Waals surface area contributed by atoms with Crippen molar-refractivity contribution >= 4 is 5.57 Å². The fourth-order valence-corrected chi connectivity index (χ4v) is 1.19. The molecule has 2 nitrogen and oxygen atoms in total. The molecule has 15 heavy (non-hydrogen) atoms. The Morgan fingerprint density at radius 3 is 2.60 bits per heavy atom. The molecule has 2 heteroatoms. The molecule has 1 heterocycles. The zero-order valence-corrected chi connectivity index (χ0v) is 10.3. The van der Waals surface area contributed by atoms with Crippen molar-refractivity contribution in [1.29, 1.82) is 0 Å². The van der Waals surface area contributed by atoms with Crippen molar-refractivity contribution in [3.8, 4) is 0 Å². The summed E-state index contributed by atoms with van der Waals surface area (Å²) in [6.45, 7) is 9.96. The van der Waals surface area contributed by atoms with Crippen LogP contribution in [0.2, 0.25) is 0 Å². The highest BCUT2D eigenvalue weighted by atomic mass is 15.2. The van der Waals surface area contributed by atoms with Gasteiger partial charge in [-0.1, -0.05) is 45.9 Å². The van der Waals surface area contributed by atoms with E-state index in [0.29, 0.717) is 0 Å². The minimum Gasteiger partial charge on any atom is -0.275 e. The highest BCUT2D eigenvalue weighted by Gasteiger charge is 1.98. The number of hydrogen-bond donors (Lipinski definition) is 0. The second-order valence-corrected chi connectivity index (χ2v) is 3.05. The van der Waals surface area contributed by atoms with Gasteiger partial charge in [-0.05, 0) is 12.0 Å². The molecule has 0 spiro atoms. The summed E-state index contributed by atoms with van der Waals surface area (Å²) in [6, 6.07) is 0. The van der Waals surface area contributed by atoms with E-state index in [1.807, 2.05) is 39.4 Å². The molecule has 0 amide bonds. The second kappa shape index (κ2) is 8.04. The van der Waals surface area contributed by atoms with Crippen LogP contribution in [0.1, 0.15) is 39.2 Å². The van der Waals surface area contributed by atoms with E-state index in [1.165, 1.54) is 5.57 Å². The normalized spacial score (nSPS) is 10.5. The number of allylic oxidation sites excluding steroid dienone is 3. The maximum absolute atomic E-state index is 4.12. The summed E-state index contributed by atoms with van der Waals surface area (Å²) in [5.74, 6) is 0. The number of rotatable bonds is 4. The van der Waals surface area contributed by atoms with Gasteiger partial charge >= 0.3 is 0 Å². The summed E-state index contributed by atoms with van der Waals surface area (Å²) in [4.78, 5) is 0. The van der Waals surface area contributed by atoms with Crippen LogP contribution in [-0.4, -0.2) is 9.78 Å². The van der Waals surface area contributed by atoms with Crippen LogP contribution in [0, 0.1) is 0 Å². The van der Waals surface area contributed by atoms with Crippen LogP contribution in [0.25, 0.3) is 5.57 Å². The van der Waals surface area contributed by atoms with Gasteiger partial charge in [0, 0.05) is 18.8 Å². The monoisotopic (exact) mass is 206 g/mol. The van der Waals surface area contributed by atoms with E-state index in [0.717, 1.165) is 18.4 Å². The smallest absolute Gasteiger partial charge is 0.0568 e. The number of nitrogens with zero attached hydrogens (tertiary/aromatic N) is 2. The first-order valence-corrected chi connectivity index (χ1v) is 5.59. The van der Waals surface area contributed by atoms with Gasteiger partial charge in [-0.2, -0.15) is 5.10 Å². The molecule has 0 aliphatic carbocycles. The molecule has 0 saturated carbocycles. The standard InChI is InChI=1S/C11H16N2.C2H6/c1-4-6-7-10(5-2)11-8-12-13(3)9-11;1-2/h5,7-9H,2,4,6H2,1,3H3;1-2H3/b10-7+;. The average Bonchev–Trinajstić information content (AvgIpc) is 2.69. The molecule has 84 valence electrons. The average molecular weight is 206 g/mol.